The Kier molecular flexibility index (Phi) is 6.72. The van der Waals surface area contributed by atoms with Crippen LogP contribution in [0.25, 0.3) is 0 Å². The zero-order valence-electron chi connectivity index (χ0n) is 12.2. The highest BCUT2D eigenvalue weighted by Gasteiger charge is 2.23. The van der Waals surface area contributed by atoms with Gasteiger partial charge in [-0.2, -0.15) is 0 Å². The van der Waals surface area contributed by atoms with Crippen LogP contribution in [0.15, 0.2) is 0 Å². The maximum absolute atomic E-state index is 11.8. The van der Waals surface area contributed by atoms with E-state index in [9.17, 15) is 4.79 Å². The fraction of sp³-hybridized carbons (Fsp3) is 0.923. The predicted octanol–water partition coefficient (Wildman–Crippen LogP) is 1.06. The number of rotatable bonds is 7. The van der Waals surface area contributed by atoms with E-state index < -0.39 is 6.04 Å². The summed E-state index contributed by atoms with van der Waals surface area (Å²) in [5.41, 5.74) is 5.94. The lowest BCUT2D eigenvalue weighted by Gasteiger charge is -2.29. The molecule has 0 aromatic carbocycles. The van der Waals surface area contributed by atoms with Crippen molar-refractivity contribution in [3.05, 3.63) is 0 Å². The van der Waals surface area contributed by atoms with Crippen molar-refractivity contribution in [3.8, 4) is 0 Å². The average molecular weight is 243 g/mol. The van der Waals surface area contributed by atoms with Crippen LogP contribution in [-0.4, -0.2) is 44.0 Å². The van der Waals surface area contributed by atoms with Crippen molar-refractivity contribution < 1.29 is 4.79 Å². The molecule has 17 heavy (non-hydrogen) atoms. The summed E-state index contributed by atoms with van der Waals surface area (Å²) in [6.45, 7) is 9.94. The lowest BCUT2D eigenvalue weighted by Crippen LogP contribution is -2.48. The fourth-order valence-corrected chi connectivity index (χ4v) is 1.87. The number of nitrogens with one attached hydrogen (secondary N) is 1. The van der Waals surface area contributed by atoms with Crippen molar-refractivity contribution in [2.45, 2.75) is 40.2 Å². The van der Waals surface area contributed by atoms with E-state index in [1.54, 1.807) is 0 Å². The third kappa shape index (κ3) is 6.64. The Morgan fingerprint density at radius 1 is 1.41 bits per heavy atom. The van der Waals surface area contributed by atoms with Crippen molar-refractivity contribution >= 4 is 5.91 Å². The summed E-state index contributed by atoms with van der Waals surface area (Å²) in [7, 11) is 4.07. The summed E-state index contributed by atoms with van der Waals surface area (Å²) >= 11 is 0. The summed E-state index contributed by atoms with van der Waals surface area (Å²) < 4.78 is 0. The molecule has 0 radical (unpaired) electrons. The molecule has 0 aromatic heterocycles. The van der Waals surface area contributed by atoms with Crippen LogP contribution >= 0.6 is 0 Å². The van der Waals surface area contributed by atoms with Gasteiger partial charge in [0.2, 0.25) is 5.91 Å². The minimum absolute atomic E-state index is 0.0359. The molecule has 0 rings (SSSR count). The Morgan fingerprint density at radius 3 is 2.35 bits per heavy atom. The summed E-state index contributed by atoms with van der Waals surface area (Å²) in [4.78, 5) is 14.0. The normalized spacial score (nSPS) is 15.8. The first-order valence-corrected chi connectivity index (χ1v) is 6.37. The predicted molar refractivity (Wildman–Crippen MR) is 72.8 cm³/mol. The number of carbonyl (C=O) groups is 1. The van der Waals surface area contributed by atoms with Crippen LogP contribution in [0.1, 0.15) is 34.1 Å². The topological polar surface area (TPSA) is 58.4 Å². The Bertz CT molecular complexity index is 239. The third-order valence-electron chi connectivity index (χ3n) is 3.05. The summed E-state index contributed by atoms with van der Waals surface area (Å²) in [5.74, 6) is 0.193. The first-order valence-electron chi connectivity index (χ1n) is 6.37. The lowest BCUT2D eigenvalue weighted by atomic mass is 9.92. The van der Waals surface area contributed by atoms with Gasteiger partial charge in [-0.1, -0.05) is 34.1 Å². The van der Waals surface area contributed by atoms with E-state index in [1.807, 2.05) is 27.9 Å². The van der Waals surface area contributed by atoms with Gasteiger partial charge in [0, 0.05) is 13.1 Å². The Morgan fingerprint density at radius 2 is 1.94 bits per heavy atom. The van der Waals surface area contributed by atoms with Crippen molar-refractivity contribution in [2.75, 3.05) is 27.2 Å². The molecule has 2 unspecified atom stereocenters. The standard InChI is InChI=1S/C13H29N3O/c1-7-10(2)11(14)12(17)15-8-13(3,4)9-16(5)6/h10-11H,7-9,14H2,1-6H3,(H,15,17). The average Bonchev–Trinajstić information content (AvgIpc) is 2.22. The molecule has 0 heterocycles. The second-order valence-corrected chi connectivity index (χ2v) is 6.03. The Balaban J connectivity index is 4.15. The molecule has 0 aliphatic carbocycles. The molecule has 0 spiro atoms. The van der Waals surface area contributed by atoms with Gasteiger partial charge in [-0.15, -0.1) is 0 Å². The van der Waals surface area contributed by atoms with E-state index in [0.717, 1.165) is 13.0 Å². The van der Waals surface area contributed by atoms with Gasteiger partial charge in [-0.25, -0.2) is 0 Å². The molecule has 0 fully saturated rings. The third-order valence-corrected chi connectivity index (χ3v) is 3.05. The van der Waals surface area contributed by atoms with Gasteiger partial charge in [-0.05, 0) is 25.4 Å². The maximum atomic E-state index is 11.8. The smallest absolute Gasteiger partial charge is 0.237 e. The van der Waals surface area contributed by atoms with E-state index >= 15 is 0 Å². The molecule has 0 aliphatic rings. The van der Waals surface area contributed by atoms with Gasteiger partial charge >= 0.3 is 0 Å². The second kappa shape index (κ2) is 6.97. The first-order chi connectivity index (χ1) is 7.69. The Labute approximate surface area is 106 Å². The van der Waals surface area contributed by atoms with E-state index in [1.165, 1.54) is 0 Å². The highest BCUT2D eigenvalue weighted by molar-refractivity contribution is 5.81. The van der Waals surface area contributed by atoms with Gasteiger partial charge in [0.15, 0.2) is 0 Å². The highest BCUT2D eigenvalue weighted by Crippen LogP contribution is 2.14. The molecule has 3 N–H and O–H groups in total. The van der Waals surface area contributed by atoms with Crippen molar-refractivity contribution in [2.24, 2.45) is 17.1 Å². The zero-order valence-corrected chi connectivity index (χ0v) is 12.2. The van der Waals surface area contributed by atoms with Crippen LogP contribution < -0.4 is 11.1 Å². The molecule has 0 aromatic rings. The number of nitrogens with two attached hydrogens (primary N) is 1. The van der Waals surface area contributed by atoms with Gasteiger partial charge < -0.3 is 16.0 Å². The fourth-order valence-electron chi connectivity index (χ4n) is 1.87. The zero-order chi connectivity index (χ0) is 13.6. The van der Waals surface area contributed by atoms with Crippen LogP contribution in [0.4, 0.5) is 0 Å². The molecule has 0 saturated heterocycles. The number of hydrogen-bond acceptors (Lipinski definition) is 3. The monoisotopic (exact) mass is 243 g/mol. The highest BCUT2D eigenvalue weighted by atomic mass is 16.2. The number of nitrogens with zero attached hydrogens (tertiary/aromatic N) is 1. The number of amides is 1. The maximum Gasteiger partial charge on any atom is 0.237 e. The van der Waals surface area contributed by atoms with Crippen LogP contribution in [0.5, 0.6) is 0 Å². The van der Waals surface area contributed by atoms with Gasteiger partial charge in [0.05, 0.1) is 6.04 Å². The van der Waals surface area contributed by atoms with Crippen molar-refractivity contribution in [1.29, 1.82) is 0 Å². The van der Waals surface area contributed by atoms with Crippen LogP contribution in [0.2, 0.25) is 0 Å². The molecule has 4 nitrogen and oxygen atoms in total. The quantitative estimate of drug-likeness (QED) is 0.703. The van der Waals surface area contributed by atoms with Gasteiger partial charge in [0.25, 0.3) is 0 Å². The van der Waals surface area contributed by atoms with Crippen LogP contribution in [0, 0.1) is 11.3 Å². The summed E-state index contributed by atoms with van der Waals surface area (Å²) in [6, 6.07) is -0.393. The minimum Gasteiger partial charge on any atom is -0.354 e. The van der Waals surface area contributed by atoms with Gasteiger partial charge in [0.1, 0.15) is 0 Å². The molecule has 0 saturated carbocycles. The van der Waals surface area contributed by atoms with E-state index in [0.29, 0.717) is 6.54 Å². The van der Waals surface area contributed by atoms with Crippen LogP contribution in [0.3, 0.4) is 0 Å². The summed E-state index contributed by atoms with van der Waals surface area (Å²) in [6.07, 6.45) is 0.926. The molecule has 0 aliphatic heterocycles. The molecule has 2 atom stereocenters. The van der Waals surface area contributed by atoms with E-state index in [4.69, 9.17) is 5.73 Å². The Hall–Kier alpha value is -0.610. The molecule has 4 heteroatoms. The largest absolute Gasteiger partial charge is 0.354 e. The molecular weight excluding hydrogens is 214 g/mol. The number of carbonyl (C=O) groups excluding carboxylic acids is 1. The number of hydrogen-bond donors (Lipinski definition) is 2. The lowest BCUT2D eigenvalue weighted by molar-refractivity contribution is -0.123. The van der Waals surface area contributed by atoms with E-state index in [-0.39, 0.29) is 17.2 Å². The molecular formula is C13H29N3O. The molecule has 0 bridgehead atoms. The first kappa shape index (κ1) is 16.4. The summed E-state index contributed by atoms with van der Waals surface area (Å²) in [5, 5.41) is 2.95. The van der Waals surface area contributed by atoms with Crippen LogP contribution in [-0.2, 0) is 4.79 Å². The SMILES string of the molecule is CCC(C)C(N)C(=O)NCC(C)(C)CN(C)C. The minimum atomic E-state index is -0.393. The second-order valence-electron chi connectivity index (χ2n) is 6.03. The van der Waals surface area contributed by atoms with Crippen molar-refractivity contribution in [3.63, 3.8) is 0 Å². The molecule has 1 amide bonds. The van der Waals surface area contributed by atoms with Gasteiger partial charge in [-0.3, -0.25) is 4.79 Å². The van der Waals surface area contributed by atoms with E-state index in [2.05, 4.69) is 24.1 Å². The molecule has 102 valence electrons. The van der Waals surface area contributed by atoms with Crippen molar-refractivity contribution in [1.82, 2.24) is 10.2 Å².